The van der Waals surface area contributed by atoms with Crippen molar-refractivity contribution in [2.45, 2.75) is 84.5 Å². The second-order valence-corrected chi connectivity index (χ2v) is 9.50. The summed E-state index contributed by atoms with van der Waals surface area (Å²) in [6.07, 6.45) is 6.10. The molecule has 2 aromatic rings. The van der Waals surface area contributed by atoms with Gasteiger partial charge in [-0.2, -0.15) is 5.10 Å². The van der Waals surface area contributed by atoms with Crippen molar-refractivity contribution in [2.24, 2.45) is 0 Å². The van der Waals surface area contributed by atoms with Gasteiger partial charge in [-0.25, -0.2) is 4.79 Å². The second kappa shape index (κ2) is 13.1. The fourth-order valence-electron chi connectivity index (χ4n) is 4.40. The molecule has 0 radical (unpaired) electrons. The van der Waals surface area contributed by atoms with Gasteiger partial charge >= 0.3 is 5.97 Å². The number of rotatable bonds is 11. The number of hydrogen-bond donors (Lipinski definition) is 1. The van der Waals surface area contributed by atoms with Crippen LogP contribution in [0.1, 0.15) is 85.8 Å². The molecule has 0 bridgehead atoms. The Balaban J connectivity index is 1.84. The highest BCUT2D eigenvalue weighted by molar-refractivity contribution is 5.97. The molecule has 0 spiro atoms. The van der Waals surface area contributed by atoms with Gasteiger partial charge in [-0.3, -0.25) is 14.3 Å². The summed E-state index contributed by atoms with van der Waals surface area (Å²) in [4.78, 5) is 40.3. The normalized spacial score (nSPS) is 13.9. The predicted molar refractivity (Wildman–Crippen MR) is 136 cm³/mol. The molecule has 1 aromatic heterocycles. The van der Waals surface area contributed by atoms with Crippen LogP contribution in [0.2, 0.25) is 0 Å². The van der Waals surface area contributed by atoms with Gasteiger partial charge in [-0.15, -0.1) is 0 Å². The van der Waals surface area contributed by atoms with E-state index in [2.05, 4.69) is 10.4 Å². The first kappa shape index (κ1) is 27.2. The first-order chi connectivity index (χ1) is 17.3. The summed E-state index contributed by atoms with van der Waals surface area (Å²) in [6, 6.07) is 9.08. The van der Waals surface area contributed by atoms with Gasteiger partial charge in [0.1, 0.15) is 18.0 Å². The molecule has 0 unspecified atom stereocenters. The number of carbonyl (C=O) groups excluding carboxylic acids is 3. The lowest BCUT2D eigenvalue weighted by Crippen LogP contribution is -2.44. The minimum Gasteiger partial charge on any atom is -0.491 e. The van der Waals surface area contributed by atoms with E-state index in [4.69, 9.17) is 9.47 Å². The lowest BCUT2D eigenvalue weighted by Gasteiger charge is -2.26. The van der Waals surface area contributed by atoms with Gasteiger partial charge in [0, 0.05) is 25.2 Å². The van der Waals surface area contributed by atoms with Crippen LogP contribution in [0.3, 0.4) is 0 Å². The molecular weight excluding hydrogens is 460 g/mol. The number of amides is 2. The first-order valence-electron chi connectivity index (χ1n) is 12.8. The molecule has 1 saturated carbocycles. The predicted octanol–water partition coefficient (Wildman–Crippen LogP) is 3.96. The Bertz CT molecular complexity index is 1030. The molecule has 1 N–H and O–H groups in total. The summed E-state index contributed by atoms with van der Waals surface area (Å²) >= 11 is 0. The van der Waals surface area contributed by atoms with Crippen molar-refractivity contribution in [2.75, 3.05) is 13.7 Å². The average molecular weight is 499 g/mol. The molecule has 9 nitrogen and oxygen atoms in total. The van der Waals surface area contributed by atoms with Crippen LogP contribution >= 0.6 is 0 Å². The number of nitrogens with zero attached hydrogens (tertiary/aromatic N) is 3. The van der Waals surface area contributed by atoms with Crippen LogP contribution in [0.5, 0.6) is 5.75 Å². The van der Waals surface area contributed by atoms with E-state index in [1.165, 1.54) is 29.2 Å². The number of esters is 1. The van der Waals surface area contributed by atoms with Crippen molar-refractivity contribution in [3.63, 3.8) is 0 Å². The summed E-state index contributed by atoms with van der Waals surface area (Å²) < 4.78 is 12.0. The second-order valence-electron chi connectivity index (χ2n) is 9.50. The quantitative estimate of drug-likeness (QED) is 0.471. The van der Waals surface area contributed by atoms with E-state index in [0.29, 0.717) is 6.54 Å². The number of carbonyl (C=O) groups is 3. The Labute approximate surface area is 213 Å². The zero-order valence-electron chi connectivity index (χ0n) is 21.8. The molecule has 1 aliphatic carbocycles. The number of methoxy groups -OCH3 is 1. The van der Waals surface area contributed by atoms with Crippen LogP contribution in [-0.4, -0.2) is 58.3 Å². The van der Waals surface area contributed by atoms with Gasteiger partial charge in [0.15, 0.2) is 5.69 Å². The minimum absolute atomic E-state index is 0.0558. The Morgan fingerprint density at radius 3 is 2.44 bits per heavy atom. The van der Waals surface area contributed by atoms with E-state index in [0.717, 1.165) is 43.4 Å². The Morgan fingerprint density at radius 2 is 1.83 bits per heavy atom. The van der Waals surface area contributed by atoms with E-state index in [9.17, 15) is 14.4 Å². The lowest BCUT2D eigenvalue weighted by molar-refractivity contribution is -0.122. The van der Waals surface area contributed by atoms with E-state index in [-0.39, 0.29) is 48.4 Å². The van der Waals surface area contributed by atoms with Crippen molar-refractivity contribution in [3.8, 4) is 5.75 Å². The van der Waals surface area contributed by atoms with Gasteiger partial charge in [0.05, 0.1) is 13.2 Å². The number of aryl methyl sites for hydroxylation is 1. The molecule has 0 aliphatic heterocycles. The van der Waals surface area contributed by atoms with Crippen LogP contribution in [0.15, 0.2) is 30.3 Å². The number of aromatic nitrogens is 2. The Kier molecular flexibility index (Phi) is 9.90. The van der Waals surface area contributed by atoms with Gasteiger partial charge in [-0.1, -0.05) is 38.3 Å². The Morgan fingerprint density at radius 1 is 1.14 bits per heavy atom. The van der Waals surface area contributed by atoms with E-state index in [1.54, 1.807) is 0 Å². The molecule has 1 heterocycles. The fourth-order valence-corrected chi connectivity index (χ4v) is 4.40. The third-order valence-corrected chi connectivity index (χ3v) is 6.09. The van der Waals surface area contributed by atoms with E-state index >= 15 is 0 Å². The van der Waals surface area contributed by atoms with E-state index in [1.807, 2.05) is 45.0 Å². The van der Waals surface area contributed by atoms with Gasteiger partial charge in [-0.05, 0) is 50.8 Å². The summed E-state index contributed by atoms with van der Waals surface area (Å²) in [5, 5.41) is 7.37. The van der Waals surface area contributed by atoms with E-state index < -0.39 is 5.97 Å². The topological polar surface area (TPSA) is 103 Å². The summed E-state index contributed by atoms with van der Waals surface area (Å²) in [5.41, 5.74) is 1.18. The zero-order chi connectivity index (χ0) is 26.1. The maximum Gasteiger partial charge on any atom is 0.358 e. The van der Waals surface area contributed by atoms with Crippen molar-refractivity contribution in [3.05, 3.63) is 47.3 Å². The van der Waals surface area contributed by atoms with Crippen molar-refractivity contribution in [1.29, 1.82) is 0 Å². The van der Waals surface area contributed by atoms with Gasteiger partial charge in [0.25, 0.3) is 5.91 Å². The highest BCUT2D eigenvalue weighted by Crippen LogP contribution is 2.19. The van der Waals surface area contributed by atoms with Crippen LogP contribution in [0, 0.1) is 0 Å². The molecule has 0 atom stereocenters. The van der Waals surface area contributed by atoms with Crippen LogP contribution < -0.4 is 10.1 Å². The molecule has 1 aromatic carbocycles. The SMILES string of the molecule is CCCn1nc(C(=O)OC)cc1C(=O)N(CC(=O)NC1CCCCC1)Cc1ccc(OC(C)C)cc1. The molecule has 3 rings (SSSR count). The number of benzene rings is 1. The van der Waals surface area contributed by atoms with Gasteiger partial charge in [0.2, 0.25) is 5.91 Å². The maximum atomic E-state index is 13.7. The van der Waals surface area contributed by atoms with Crippen molar-refractivity contribution >= 4 is 17.8 Å². The molecule has 1 fully saturated rings. The monoisotopic (exact) mass is 498 g/mol. The number of nitrogens with one attached hydrogen (secondary N) is 1. The largest absolute Gasteiger partial charge is 0.491 e. The molecular formula is C27H38N4O5. The van der Waals surface area contributed by atoms with Crippen LogP contribution in [0.4, 0.5) is 0 Å². The van der Waals surface area contributed by atoms with Crippen LogP contribution in [-0.2, 0) is 22.6 Å². The maximum absolute atomic E-state index is 13.7. The summed E-state index contributed by atoms with van der Waals surface area (Å²) in [7, 11) is 1.28. The fraction of sp³-hybridized carbons (Fsp3) is 0.556. The summed E-state index contributed by atoms with van der Waals surface area (Å²) in [6.45, 7) is 6.47. The highest BCUT2D eigenvalue weighted by Gasteiger charge is 2.26. The third kappa shape index (κ3) is 7.57. The lowest BCUT2D eigenvalue weighted by atomic mass is 9.95. The van der Waals surface area contributed by atoms with Crippen molar-refractivity contribution in [1.82, 2.24) is 20.0 Å². The molecule has 2 amide bonds. The van der Waals surface area contributed by atoms with Crippen molar-refractivity contribution < 1.29 is 23.9 Å². The first-order valence-corrected chi connectivity index (χ1v) is 12.8. The molecule has 36 heavy (non-hydrogen) atoms. The molecule has 196 valence electrons. The van der Waals surface area contributed by atoms with Crippen LogP contribution in [0.25, 0.3) is 0 Å². The third-order valence-electron chi connectivity index (χ3n) is 6.09. The molecule has 0 saturated heterocycles. The highest BCUT2D eigenvalue weighted by atomic mass is 16.5. The van der Waals surface area contributed by atoms with Gasteiger partial charge < -0.3 is 19.7 Å². The standard InChI is InChI=1S/C27H38N4O5/c1-5-15-31-24(16-23(29-31)27(34)35-4)26(33)30(18-25(32)28-21-9-7-6-8-10-21)17-20-11-13-22(14-12-20)36-19(2)3/h11-14,16,19,21H,5-10,15,17-18H2,1-4H3,(H,28,32). The number of ether oxygens (including phenoxy) is 2. The molecule has 1 aliphatic rings. The Hall–Kier alpha value is -3.36. The molecule has 9 heteroatoms. The smallest absolute Gasteiger partial charge is 0.358 e. The zero-order valence-corrected chi connectivity index (χ0v) is 21.8. The number of hydrogen-bond acceptors (Lipinski definition) is 6. The summed E-state index contributed by atoms with van der Waals surface area (Å²) in [5.74, 6) is -0.427. The minimum atomic E-state index is -0.610. The average Bonchev–Trinajstić information content (AvgIpc) is 3.28.